The third-order valence-corrected chi connectivity index (χ3v) is 1.51. The molecule has 72 valence electrons. The van der Waals surface area contributed by atoms with Crippen molar-refractivity contribution in [3.05, 3.63) is 29.0 Å². The van der Waals surface area contributed by atoms with Gasteiger partial charge in [-0.3, -0.25) is 0 Å². The molecule has 0 unspecified atom stereocenters. The van der Waals surface area contributed by atoms with Crippen LogP contribution in [0.4, 0.5) is 13.2 Å². The molecule has 0 saturated carbocycles. The minimum absolute atomic E-state index is 0.176. The molecule has 0 bridgehead atoms. The Kier molecular flexibility index (Phi) is 2.93. The Morgan fingerprint density at radius 3 is 2.38 bits per heavy atom. The molecule has 13 heavy (non-hydrogen) atoms. The summed E-state index contributed by atoms with van der Waals surface area (Å²) < 4.78 is 40.6. The van der Waals surface area contributed by atoms with E-state index in [4.69, 9.17) is 11.6 Å². The zero-order chi connectivity index (χ0) is 10.1. The van der Waals surface area contributed by atoms with Gasteiger partial charge in [0.15, 0.2) is 0 Å². The summed E-state index contributed by atoms with van der Waals surface area (Å²) in [5.74, 6) is -1.23. The quantitative estimate of drug-likeness (QED) is 0.706. The van der Waals surface area contributed by atoms with Crippen LogP contribution in [0.25, 0.3) is 0 Å². The van der Waals surface area contributed by atoms with Crippen LogP contribution in [0.2, 0.25) is 5.02 Å². The molecule has 0 fully saturated rings. The molecule has 1 aromatic rings. The van der Waals surface area contributed by atoms with Gasteiger partial charge in [0.2, 0.25) is 0 Å². The van der Waals surface area contributed by atoms with E-state index in [1.807, 2.05) is 0 Å². The number of halogens is 5. The highest BCUT2D eigenvalue weighted by atomic mass is 35.5. The lowest BCUT2D eigenvalue weighted by molar-refractivity contribution is -0.0965. The van der Waals surface area contributed by atoms with Crippen molar-refractivity contribution in [2.45, 2.75) is 5.57 Å². The van der Waals surface area contributed by atoms with Crippen LogP contribution in [0, 0.1) is 5.82 Å². The molecule has 0 aromatic heterocycles. The summed E-state index contributed by atoms with van der Waals surface area (Å²) in [5, 5.41) is -0.176. The first-order chi connectivity index (χ1) is 5.88. The summed E-state index contributed by atoms with van der Waals surface area (Å²) in [7, 11) is 0. The smallest absolute Gasteiger partial charge is 0.420 e. The minimum atomic E-state index is -3.85. The molecule has 1 rings (SSSR count). The largest absolute Gasteiger partial charge is 0.487 e. The van der Waals surface area contributed by atoms with E-state index in [1.165, 1.54) is 0 Å². The summed E-state index contributed by atoms with van der Waals surface area (Å²) in [6.07, 6.45) is 0. The Bertz CT molecular complexity index is 311. The van der Waals surface area contributed by atoms with Crippen LogP contribution in [0.3, 0.4) is 0 Å². The van der Waals surface area contributed by atoms with Crippen LogP contribution in [0.5, 0.6) is 5.75 Å². The van der Waals surface area contributed by atoms with Gasteiger partial charge in [0.05, 0.1) is 5.02 Å². The Morgan fingerprint density at radius 1 is 1.31 bits per heavy atom. The number of rotatable bonds is 2. The highest BCUT2D eigenvalue weighted by molar-refractivity contribution is 6.30. The van der Waals surface area contributed by atoms with E-state index in [9.17, 15) is 13.2 Å². The SMILES string of the molecule is Fc1cc(OC(F)(F)Cl)ccc1Cl. The number of alkyl halides is 3. The van der Waals surface area contributed by atoms with Gasteiger partial charge in [-0.15, -0.1) is 8.78 Å². The lowest BCUT2D eigenvalue weighted by Gasteiger charge is -2.10. The third kappa shape index (κ3) is 3.32. The minimum Gasteiger partial charge on any atom is -0.420 e. The second kappa shape index (κ2) is 3.64. The van der Waals surface area contributed by atoms with Crippen molar-refractivity contribution in [2.75, 3.05) is 0 Å². The molecule has 0 spiro atoms. The van der Waals surface area contributed by atoms with E-state index in [0.29, 0.717) is 0 Å². The molecule has 0 aliphatic heterocycles. The Morgan fingerprint density at radius 2 is 1.92 bits per heavy atom. The Balaban J connectivity index is 2.86. The number of benzene rings is 1. The first-order valence-electron chi connectivity index (χ1n) is 3.09. The fourth-order valence-electron chi connectivity index (χ4n) is 0.674. The van der Waals surface area contributed by atoms with Crippen LogP contribution in [-0.2, 0) is 0 Å². The molecular weight excluding hydrogens is 228 g/mol. The van der Waals surface area contributed by atoms with Crippen LogP contribution in [0.15, 0.2) is 18.2 Å². The van der Waals surface area contributed by atoms with Crippen molar-refractivity contribution >= 4 is 23.2 Å². The highest BCUT2D eigenvalue weighted by Crippen LogP contribution is 2.27. The average Bonchev–Trinajstić information content (AvgIpc) is 1.94. The average molecular weight is 231 g/mol. The van der Waals surface area contributed by atoms with Gasteiger partial charge < -0.3 is 4.74 Å². The summed E-state index contributed by atoms with van der Waals surface area (Å²) in [6, 6.07) is 2.90. The van der Waals surface area contributed by atoms with Crippen molar-refractivity contribution in [2.24, 2.45) is 0 Å². The van der Waals surface area contributed by atoms with E-state index in [-0.39, 0.29) is 10.8 Å². The van der Waals surface area contributed by atoms with Crippen LogP contribution >= 0.6 is 23.2 Å². The summed E-state index contributed by atoms with van der Waals surface area (Å²) in [5.41, 5.74) is -3.85. The van der Waals surface area contributed by atoms with E-state index in [1.54, 1.807) is 0 Å². The van der Waals surface area contributed by atoms with Gasteiger partial charge in [-0.2, -0.15) is 0 Å². The standard InChI is InChI=1S/C7H3Cl2F3O/c8-5-2-1-4(3-6(5)10)13-7(9,11)12/h1-3H. The van der Waals surface area contributed by atoms with Crippen LogP contribution < -0.4 is 4.74 Å². The van der Waals surface area contributed by atoms with Crippen LogP contribution in [0.1, 0.15) is 0 Å². The lowest BCUT2D eigenvalue weighted by Crippen LogP contribution is -2.15. The molecular formula is C7H3Cl2F3O. The van der Waals surface area contributed by atoms with Gasteiger partial charge in [-0.05, 0) is 12.1 Å². The monoisotopic (exact) mass is 230 g/mol. The molecule has 0 N–H and O–H groups in total. The Hall–Kier alpha value is -0.610. The normalized spacial score (nSPS) is 11.5. The maximum atomic E-state index is 12.7. The Labute approximate surface area is 82.0 Å². The van der Waals surface area contributed by atoms with E-state index < -0.39 is 11.4 Å². The second-order valence-corrected chi connectivity index (χ2v) is 2.97. The van der Waals surface area contributed by atoms with E-state index >= 15 is 0 Å². The number of hydrogen-bond acceptors (Lipinski definition) is 1. The van der Waals surface area contributed by atoms with Gasteiger partial charge in [0, 0.05) is 17.7 Å². The molecule has 0 aliphatic carbocycles. The van der Waals surface area contributed by atoms with E-state index in [0.717, 1.165) is 18.2 Å². The maximum Gasteiger partial charge on any atom is 0.487 e. The van der Waals surface area contributed by atoms with Gasteiger partial charge >= 0.3 is 5.57 Å². The fourth-order valence-corrected chi connectivity index (χ4v) is 0.881. The van der Waals surface area contributed by atoms with Crippen LogP contribution in [-0.4, -0.2) is 5.57 Å². The number of hydrogen-bond donors (Lipinski definition) is 0. The fraction of sp³-hybridized carbons (Fsp3) is 0.143. The zero-order valence-electron chi connectivity index (χ0n) is 6.03. The third-order valence-electron chi connectivity index (χ3n) is 1.12. The van der Waals surface area contributed by atoms with Crippen molar-refractivity contribution in [1.29, 1.82) is 0 Å². The summed E-state index contributed by atoms with van der Waals surface area (Å²) >= 11 is 9.75. The lowest BCUT2D eigenvalue weighted by atomic mass is 10.3. The molecule has 0 amide bonds. The molecule has 0 atom stereocenters. The molecule has 0 radical (unpaired) electrons. The summed E-state index contributed by atoms with van der Waals surface area (Å²) in [6.45, 7) is 0. The first kappa shape index (κ1) is 10.5. The molecule has 0 saturated heterocycles. The topological polar surface area (TPSA) is 9.23 Å². The van der Waals surface area contributed by atoms with Gasteiger partial charge in [0.1, 0.15) is 11.6 Å². The molecule has 0 aliphatic rings. The molecule has 6 heteroatoms. The second-order valence-electron chi connectivity index (χ2n) is 2.12. The van der Waals surface area contributed by atoms with Crippen molar-refractivity contribution in [1.82, 2.24) is 0 Å². The van der Waals surface area contributed by atoms with E-state index in [2.05, 4.69) is 16.3 Å². The maximum absolute atomic E-state index is 12.7. The summed E-state index contributed by atoms with van der Waals surface area (Å²) in [4.78, 5) is 0. The molecule has 0 heterocycles. The van der Waals surface area contributed by atoms with Crippen molar-refractivity contribution in [3.8, 4) is 5.75 Å². The molecule has 1 nitrogen and oxygen atoms in total. The van der Waals surface area contributed by atoms with Crippen molar-refractivity contribution in [3.63, 3.8) is 0 Å². The highest BCUT2D eigenvalue weighted by Gasteiger charge is 2.27. The number of ether oxygens (including phenoxy) is 1. The predicted molar refractivity (Wildman–Crippen MR) is 42.8 cm³/mol. The van der Waals surface area contributed by atoms with Crippen molar-refractivity contribution < 1.29 is 17.9 Å². The van der Waals surface area contributed by atoms with Gasteiger partial charge in [-0.1, -0.05) is 11.6 Å². The molecule has 1 aromatic carbocycles. The first-order valence-corrected chi connectivity index (χ1v) is 3.85. The van der Waals surface area contributed by atoms with Gasteiger partial charge in [-0.25, -0.2) is 4.39 Å². The zero-order valence-corrected chi connectivity index (χ0v) is 7.54. The predicted octanol–water partition coefficient (Wildman–Crippen LogP) is 3.65. The van der Waals surface area contributed by atoms with Gasteiger partial charge in [0.25, 0.3) is 0 Å².